The first-order chi connectivity index (χ1) is 30.2. The lowest BCUT2D eigenvalue weighted by Crippen LogP contribution is -2.11. The highest BCUT2D eigenvalue weighted by Gasteiger charge is 2.21. The molecule has 10 aromatic carbocycles. The monoisotopic (exact) mass is 778 g/mol. The molecule has 0 N–H and O–H groups in total. The van der Waals surface area contributed by atoms with Crippen LogP contribution in [0.1, 0.15) is 0 Å². The maximum Gasteiger partial charge on any atom is 0.136 e. The fourth-order valence-corrected chi connectivity index (χ4v) is 9.34. The second-order valence-electron chi connectivity index (χ2n) is 15.7. The predicted molar refractivity (Wildman–Crippen MR) is 257 cm³/mol. The van der Waals surface area contributed by atoms with Crippen LogP contribution in [0.3, 0.4) is 0 Å². The van der Waals surface area contributed by atoms with Crippen LogP contribution in [0.15, 0.2) is 235 Å². The molecule has 0 radical (unpaired) electrons. The molecule has 2 aromatic heterocycles. The first kappa shape index (κ1) is 34.9. The average Bonchev–Trinajstić information content (AvgIpc) is 3.88. The molecule has 3 nitrogen and oxygen atoms in total. The van der Waals surface area contributed by atoms with Crippen LogP contribution in [0, 0.1) is 0 Å². The number of nitrogens with zero attached hydrogens (tertiary/aromatic N) is 2. The summed E-state index contributed by atoms with van der Waals surface area (Å²) in [6.45, 7) is 0. The lowest BCUT2D eigenvalue weighted by molar-refractivity contribution is 0.669. The molecule has 0 aliphatic rings. The molecule has 12 rings (SSSR count). The van der Waals surface area contributed by atoms with Crippen LogP contribution in [-0.4, -0.2) is 4.57 Å². The van der Waals surface area contributed by atoms with E-state index in [9.17, 15) is 0 Å². The third-order valence-electron chi connectivity index (χ3n) is 12.2. The van der Waals surface area contributed by atoms with Gasteiger partial charge in [0.15, 0.2) is 0 Å². The predicted octanol–water partition coefficient (Wildman–Crippen LogP) is 16.3. The molecule has 3 heteroatoms. The zero-order valence-electron chi connectivity index (χ0n) is 33.2. The molecule has 0 amide bonds. The van der Waals surface area contributed by atoms with E-state index in [0.29, 0.717) is 0 Å². The topological polar surface area (TPSA) is 21.3 Å². The molecule has 0 aliphatic carbocycles. The third kappa shape index (κ3) is 5.90. The van der Waals surface area contributed by atoms with Gasteiger partial charge in [-0.3, -0.25) is 0 Å². The second-order valence-corrected chi connectivity index (χ2v) is 15.7. The molecule has 0 aliphatic heterocycles. The van der Waals surface area contributed by atoms with Gasteiger partial charge in [0.2, 0.25) is 0 Å². The summed E-state index contributed by atoms with van der Waals surface area (Å²) in [6.07, 6.45) is 0. The molecule has 0 spiro atoms. The van der Waals surface area contributed by atoms with Crippen molar-refractivity contribution in [3.8, 4) is 39.1 Å². The van der Waals surface area contributed by atoms with E-state index >= 15 is 0 Å². The minimum atomic E-state index is 0.880. The van der Waals surface area contributed by atoms with Gasteiger partial charge in [-0.25, -0.2) is 0 Å². The summed E-state index contributed by atoms with van der Waals surface area (Å²) in [5.74, 6) is 0. The van der Waals surface area contributed by atoms with E-state index in [1.807, 2.05) is 6.07 Å². The Morgan fingerprint density at radius 1 is 0.344 bits per heavy atom. The van der Waals surface area contributed by atoms with Gasteiger partial charge < -0.3 is 13.9 Å². The largest absolute Gasteiger partial charge is 0.456 e. The molecule has 0 bridgehead atoms. The third-order valence-corrected chi connectivity index (χ3v) is 12.2. The van der Waals surface area contributed by atoms with Crippen LogP contribution in [0.25, 0.3) is 93.6 Å². The number of benzene rings is 10. The maximum atomic E-state index is 6.39. The minimum Gasteiger partial charge on any atom is -0.456 e. The van der Waals surface area contributed by atoms with Gasteiger partial charge in [-0.2, -0.15) is 0 Å². The molecular formula is C58H38N2O. The van der Waals surface area contributed by atoms with Gasteiger partial charge in [0.05, 0.1) is 16.7 Å². The summed E-state index contributed by atoms with van der Waals surface area (Å²) < 4.78 is 8.78. The van der Waals surface area contributed by atoms with E-state index in [1.54, 1.807) is 0 Å². The van der Waals surface area contributed by atoms with Crippen molar-refractivity contribution in [1.82, 2.24) is 4.57 Å². The smallest absolute Gasteiger partial charge is 0.136 e. The lowest BCUT2D eigenvalue weighted by atomic mass is 9.96. The molecule has 0 saturated carbocycles. The highest BCUT2D eigenvalue weighted by Crippen LogP contribution is 2.46. The van der Waals surface area contributed by atoms with E-state index in [2.05, 4.69) is 234 Å². The van der Waals surface area contributed by atoms with Crippen molar-refractivity contribution in [3.05, 3.63) is 231 Å². The molecule has 0 saturated heterocycles. The first-order valence-electron chi connectivity index (χ1n) is 20.8. The Balaban J connectivity index is 1.01. The van der Waals surface area contributed by atoms with Gasteiger partial charge in [-0.1, -0.05) is 158 Å². The van der Waals surface area contributed by atoms with Crippen molar-refractivity contribution in [2.75, 3.05) is 4.90 Å². The van der Waals surface area contributed by atoms with Crippen LogP contribution in [0.2, 0.25) is 0 Å². The maximum absolute atomic E-state index is 6.39. The average molecular weight is 779 g/mol. The van der Waals surface area contributed by atoms with Gasteiger partial charge in [-0.15, -0.1) is 0 Å². The molecule has 61 heavy (non-hydrogen) atoms. The normalized spacial score (nSPS) is 11.6. The quantitative estimate of drug-likeness (QED) is 0.161. The summed E-state index contributed by atoms with van der Waals surface area (Å²) in [5.41, 5.74) is 15.4. The van der Waals surface area contributed by atoms with Gasteiger partial charge in [0.25, 0.3) is 0 Å². The van der Waals surface area contributed by atoms with Gasteiger partial charge >= 0.3 is 0 Å². The van der Waals surface area contributed by atoms with E-state index in [1.165, 1.54) is 38.1 Å². The SMILES string of the molecule is c1cc(-c2ccc3ccccc3c2)cc(N(c2ccc(-c3cccc(-n4c5ccccc5c5ccccc54)c3)cc2)c2ccccc2-c2cccc3oc4ccccc4c23)c1. The fourth-order valence-electron chi connectivity index (χ4n) is 9.34. The number of hydrogen-bond donors (Lipinski definition) is 0. The second kappa shape index (κ2) is 14.3. The highest BCUT2D eigenvalue weighted by atomic mass is 16.3. The Hall–Kier alpha value is -8.14. The fraction of sp³-hybridized carbons (Fsp3) is 0. The number of para-hydroxylation sites is 4. The highest BCUT2D eigenvalue weighted by molar-refractivity contribution is 6.14. The summed E-state index contributed by atoms with van der Waals surface area (Å²) in [5, 5.41) is 7.21. The molecular weight excluding hydrogens is 741 g/mol. The Kier molecular flexibility index (Phi) is 8.17. The number of aromatic nitrogens is 1. The van der Waals surface area contributed by atoms with E-state index < -0.39 is 0 Å². The van der Waals surface area contributed by atoms with Gasteiger partial charge in [0.1, 0.15) is 11.2 Å². The molecule has 286 valence electrons. The number of rotatable bonds is 7. The summed E-state index contributed by atoms with van der Waals surface area (Å²) in [4.78, 5) is 2.40. The van der Waals surface area contributed by atoms with Crippen molar-refractivity contribution in [2.45, 2.75) is 0 Å². The Morgan fingerprint density at radius 3 is 1.75 bits per heavy atom. The van der Waals surface area contributed by atoms with Crippen molar-refractivity contribution in [1.29, 1.82) is 0 Å². The van der Waals surface area contributed by atoms with Crippen molar-refractivity contribution in [2.24, 2.45) is 0 Å². The number of furan rings is 1. The Morgan fingerprint density at radius 2 is 0.934 bits per heavy atom. The van der Waals surface area contributed by atoms with Crippen LogP contribution in [0.4, 0.5) is 17.1 Å². The van der Waals surface area contributed by atoms with Crippen LogP contribution in [0.5, 0.6) is 0 Å². The van der Waals surface area contributed by atoms with Gasteiger partial charge in [0, 0.05) is 44.2 Å². The molecule has 0 fully saturated rings. The molecule has 0 atom stereocenters. The Labute approximate surface area is 353 Å². The first-order valence-corrected chi connectivity index (χ1v) is 20.8. The van der Waals surface area contributed by atoms with Crippen molar-refractivity contribution in [3.63, 3.8) is 0 Å². The number of fused-ring (bicyclic) bond motifs is 7. The molecule has 0 unspecified atom stereocenters. The van der Waals surface area contributed by atoms with Crippen LogP contribution < -0.4 is 4.90 Å². The van der Waals surface area contributed by atoms with E-state index in [4.69, 9.17) is 4.42 Å². The molecule has 12 aromatic rings. The Bertz CT molecular complexity index is 3560. The lowest BCUT2D eigenvalue weighted by Gasteiger charge is -2.28. The van der Waals surface area contributed by atoms with Crippen molar-refractivity contribution < 1.29 is 4.42 Å². The van der Waals surface area contributed by atoms with Crippen molar-refractivity contribution >= 4 is 71.6 Å². The minimum absolute atomic E-state index is 0.880. The summed E-state index contributed by atoms with van der Waals surface area (Å²) >= 11 is 0. The summed E-state index contributed by atoms with van der Waals surface area (Å²) in [6, 6.07) is 83.0. The number of anilines is 3. The van der Waals surface area contributed by atoms with Crippen LogP contribution >= 0.6 is 0 Å². The zero-order valence-corrected chi connectivity index (χ0v) is 33.2. The number of hydrogen-bond acceptors (Lipinski definition) is 2. The zero-order chi connectivity index (χ0) is 40.3. The molecule has 2 heterocycles. The van der Waals surface area contributed by atoms with Crippen LogP contribution in [-0.2, 0) is 0 Å². The summed E-state index contributed by atoms with van der Waals surface area (Å²) in [7, 11) is 0. The van der Waals surface area contributed by atoms with E-state index in [0.717, 1.165) is 72.5 Å². The standard InChI is InChI=1S/C58H38N2O/c1-2-15-41-36-44(31-30-39(41)14-1)43-17-12-18-46(38-43)59(53-25-7-5-22-50(53)51-24-13-29-57-58(51)52-23-6-10-28-56(52)61-57)45-34-32-40(33-35-45)42-16-11-19-47(37-42)60-54-26-8-3-20-48(54)49-21-4-9-27-55(49)60/h1-38H. The van der Waals surface area contributed by atoms with Gasteiger partial charge in [-0.05, 0) is 111 Å². The van der Waals surface area contributed by atoms with E-state index in [-0.39, 0.29) is 0 Å².